The van der Waals surface area contributed by atoms with Crippen molar-refractivity contribution in [2.75, 3.05) is 33.2 Å². The molecule has 45 heavy (non-hydrogen) atoms. The average molecular weight is 633 g/mol. The van der Waals surface area contributed by atoms with E-state index in [0.29, 0.717) is 6.42 Å². The van der Waals surface area contributed by atoms with Crippen LogP contribution in [-0.2, 0) is 4.79 Å². The van der Waals surface area contributed by atoms with Crippen molar-refractivity contribution in [1.29, 1.82) is 0 Å². The normalized spacial score (nSPS) is 16.4. The van der Waals surface area contributed by atoms with Gasteiger partial charge in [0, 0.05) is 12.8 Å². The fraction of sp³-hybridized carbons (Fsp3) is 0.951. The number of likely N-dealkylation sites (N-methyl/N-ethyl adjacent to an activating group) is 1. The highest BCUT2D eigenvalue weighted by molar-refractivity contribution is 5.77. The molecular weight excluding hydrogens is 550 g/mol. The van der Waals surface area contributed by atoms with Gasteiger partial charge in [0.2, 0.25) is 5.91 Å². The molecule has 1 N–H and O–H groups in total. The average Bonchev–Trinajstić information content (AvgIpc) is 3.40. The van der Waals surface area contributed by atoms with Crippen molar-refractivity contribution in [3.63, 3.8) is 0 Å². The van der Waals surface area contributed by atoms with Gasteiger partial charge >= 0.3 is 0 Å². The fourth-order valence-electron chi connectivity index (χ4n) is 7.13. The van der Waals surface area contributed by atoms with Crippen molar-refractivity contribution >= 4 is 11.7 Å². The van der Waals surface area contributed by atoms with Crippen molar-refractivity contribution in [1.82, 2.24) is 5.32 Å². The Morgan fingerprint density at radius 2 is 0.911 bits per heavy atom. The van der Waals surface area contributed by atoms with E-state index < -0.39 is 0 Å². The Bertz CT molecular complexity index is 678. The van der Waals surface area contributed by atoms with Crippen molar-refractivity contribution in [3.8, 4) is 0 Å². The highest BCUT2D eigenvalue weighted by Gasteiger charge is 2.32. The Balaban J connectivity index is 1.90. The molecule has 1 amide bonds. The molecule has 0 aromatic carbocycles. The predicted octanol–water partition coefficient (Wildman–Crippen LogP) is 12.5. The Hall–Kier alpha value is -0.900. The van der Waals surface area contributed by atoms with E-state index in [9.17, 15) is 4.79 Å². The van der Waals surface area contributed by atoms with Gasteiger partial charge in [0.05, 0.1) is 20.1 Å². The van der Waals surface area contributed by atoms with Gasteiger partial charge in [-0.15, -0.1) is 0 Å². The van der Waals surface area contributed by atoms with Crippen LogP contribution in [0.2, 0.25) is 0 Å². The van der Waals surface area contributed by atoms with Crippen LogP contribution in [-0.4, -0.2) is 49.5 Å². The van der Waals surface area contributed by atoms with Crippen molar-refractivity contribution in [2.24, 2.45) is 4.99 Å². The first-order valence-corrected chi connectivity index (χ1v) is 20.8. The molecule has 4 nitrogen and oxygen atoms in total. The standard InChI is InChI=1S/C41H81N3O/c1-4-6-8-10-12-14-16-18-20-22-24-26-28-30-32-34-40-42-36-38-44(40,3)39-37-43-41(45)35-33-31-29-27-25-23-21-19-17-15-13-11-9-7-5-2/h4-39H2,1-3H3/p+1. The van der Waals surface area contributed by atoms with Crippen molar-refractivity contribution in [2.45, 2.75) is 219 Å². The summed E-state index contributed by atoms with van der Waals surface area (Å²) in [5, 5.41) is 3.22. The number of nitrogens with one attached hydrogen (secondary N) is 1. The first-order valence-electron chi connectivity index (χ1n) is 20.8. The van der Waals surface area contributed by atoms with Crippen LogP contribution in [0.3, 0.4) is 0 Å². The Kier molecular flexibility index (Phi) is 29.7. The number of hydrogen-bond donors (Lipinski definition) is 1. The van der Waals surface area contributed by atoms with E-state index in [1.807, 2.05) is 0 Å². The highest BCUT2D eigenvalue weighted by atomic mass is 16.1. The second-order valence-corrected chi connectivity index (χ2v) is 14.9. The number of aliphatic imine (C=N–C) groups is 1. The summed E-state index contributed by atoms with van der Waals surface area (Å²) < 4.78 is 0.942. The number of amides is 1. The molecule has 0 aromatic rings. The van der Waals surface area contributed by atoms with Crippen LogP contribution in [0.15, 0.2) is 4.99 Å². The number of rotatable bonds is 35. The molecule has 4 heteroatoms. The molecule has 1 aliphatic rings. The van der Waals surface area contributed by atoms with E-state index in [1.54, 1.807) is 0 Å². The van der Waals surface area contributed by atoms with Crippen LogP contribution >= 0.6 is 0 Å². The largest absolute Gasteiger partial charge is 0.350 e. The van der Waals surface area contributed by atoms with E-state index >= 15 is 0 Å². The van der Waals surface area contributed by atoms with Crippen molar-refractivity contribution < 1.29 is 9.28 Å². The first kappa shape index (κ1) is 42.1. The van der Waals surface area contributed by atoms with E-state index in [-0.39, 0.29) is 5.91 Å². The van der Waals surface area contributed by atoms with Gasteiger partial charge in [-0.05, 0) is 12.8 Å². The number of nitrogens with zero attached hydrogens (tertiary/aromatic N) is 2. The SMILES string of the molecule is CCCCCCCCCCCCCCCCCC(=O)NCC[N+]1(C)CCN=C1CCCCCCCCCCCCCCCCC. The number of amidine groups is 1. The van der Waals surface area contributed by atoms with Gasteiger partial charge in [0.1, 0.15) is 13.1 Å². The molecule has 0 spiro atoms. The molecule has 1 atom stereocenters. The van der Waals surface area contributed by atoms with Gasteiger partial charge in [-0.2, -0.15) is 0 Å². The number of carbonyl (C=O) groups excluding carboxylic acids is 1. The third-order valence-electron chi connectivity index (χ3n) is 10.4. The minimum Gasteiger partial charge on any atom is -0.350 e. The van der Waals surface area contributed by atoms with Crippen LogP contribution in [0.4, 0.5) is 0 Å². The third kappa shape index (κ3) is 25.8. The summed E-state index contributed by atoms with van der Waals surface area (Å²) >= 11 is 0. The number of hydrogen-bond acceptors (Lipinski definition) is 2. The van der Waals surface area contributed by atoms with E-state index in [4.69, 9.17) is 4.99 Å². The summed E-state index contributed by atoms with van der Waals surface area (Å²) in [6, 6.07) is 0. The lowest BCUT2D eigenvalue weighted by Crippen LogP contribution is -2.51. The zero-order valence-electron chi connectivity index (χ0n) is 31.3. The Morgan fingerprint density at radius 3 is 1.31 bits per heavy atom. The number of unbranched alkanes of at least 4 members (excludes halogenated alkanes) is 28. The maximum absolute atomic E-state index is 12.4. The van der Waals surface area contributed by atoms with E-state index in [2.05, 4.69) is 26.2 Å². The lowest BCUT2D eigenvalue weighted by molar-refractivity contribution is -0.814. The molecule has 0 saturated heterocycles. The molecule has 1 rings (SSSR count). The van der Waals surface area contributed by atoms with Crippen LogP contribution in [0.25, 0.3) is 0 Å². The van der Waals surface area contributed by atoms with E-state index in [1.165, 1.54) is 192 Å². The summed E-state index contributed by atoms with van der Waals surface area (Å²) in [6.07, 6.45) is 43.5. The number of quaternary nitrogens is 1. The van der Waals surface area contributed by atoms with Gasteiger partial charge in [-0.1, -0.05) is 194 Å². The first-order chi connectivity index (χ1) is 22.1. The van der Waals surface area contributed by atoms with Crippen LogP contribution in [0, 0.1) is 0 Å². The zero-order valence-corrected chi connectivity index (χ0v) is 31.3. The van der Waals surface area contributed by atoms with Crippen LogP contribution in [0.5, 0.6) is 0 Å². The Morgan fingerprint density at radius 1 is 0.556 bits per heavy atom. The molecule has 0 saturated carbocycles. The van der Waals surface area contributed by atoms with Gasteiger partial charge in [0.15, 0.2) is 5.84 Å². The molecule has 266 valence electrons. The van der Waals surface area contributed by atoms with Crippen LogP contribution < -0.4 is 5.32 Å². The summed E-state index contributed by atoms with van der Waals surface area (Å²) in [6.45, 7) is 8.42. The predicted molar refractivity (Wildman–Crippen MR) is 200 cm³/mol. The molecule has 1 heterocycles. The summed E-state index contributed by atoms with van der Waals surface area (Å²) in [5.41, 5.74) is 0. The zero-order chi connectivity index (χ0) is 32.5. The van der Waals surface area contributed by atoms with Crippen LogP contribution in [0.1, 0.15) is 219 Å². The molecular formula is C41H82N3O+. The minimum absolute atomic E-state index is 0.247. The maximum atomic E-state index is 12.4. The van der Waals surface area contributed by atoms with Gasteiger partial charge < -0.3 is 5.32 Å². The van der Waals surface area contributed by atoms with Gasteiger partial charge in [0.25, 0.3) is 0 Å². The quantitative estimate of drug-likeness (QED) is 0.0548. The van der Waals surface area contributed by atoms with E-state index in [0.717, 1.165) is 43.5 Å². The lowest BCUT2D eigenvalue weighted by atomic mass is 10.0. The Labute approximate surface area is 283 Å². The topological polar surface area (TPSA) is 41.5 Å². The van der Waals surface area contributed by atoms with Crippen molar-refractivity contribution in [3.05, 3.63) is 0 Å². The monoisotopic (exact) mass is 633 g/mol. The second kappa shape index (κ2) is 31.7. The molecule has 0 aliphatic carbocycles. The second-order valence-electron chi connectivity index (χ2n) is 14.9. The summed E-state index contributed by atoms with van der Waals surface area (Å²) in [7, 11) is 2.33. The summed E-state index contributed by atoms with van der Waals surface area (Å²) in [4.78, 5) is 17.3. The third-order valence-corrected chi connectivity index (χ3v) is 10.4. The maximum Gasteiger partial charge on any atom is 0.220 e. The van der Waals surface area contributed by atoms with Gasteiger partial charge in [-0.25, -0.2) is 4.99 Å². The molecule has 0 aromatic heterocycles. The molecule has 1 unspecified atom stereocenters. The molecule has 0 fully saturated rings. The smallest absolute Gasteiger partial charge is 0.220 e. The molecule has 0 bridgehead atoms. The highest BCUT2D eigenvalue weighted by Crippen LogP contribution is 2.19. The fourth-order valence-corrected chi connectivity index (χ4v) is 7.13. The van der Waals surface area contributed by atoms with Gasteiger partial charge in [-0.3, -0.25) is 9.28 Å². The molecule has 1 aliphatic heterocycles. The lowest BCUT2D eigenvalue weighted by Gasteiger charge is -2.30. The minimum atomic E-state index is 0.247. The summed E-state index contributed by atoms with van der Waals surface area (Å²) in [5.74, 6) is 1.62. The number of carbonyl (C=O) groups is 1. The molecule has 0 radical (unpaired) electrons.